The van der Waals surface area contributed by atoms with Gasteiger partial charge >= 0.3 is 0 Å². The molecule has 1 atom stereocenters. The maximum absolute atomic E-state index is 12.4. The van der Waals surface area contributed by atoms with E-state index in [-0.39, 0.29) is 23.3 Å². The highest BCUT2D eigenvalue weighted by Gasteiger charge is 2.17. The number of sulfonamides is 1. The average Bonchev–Trinajstić information content (AvgIpc) is 2.50. The molecule has 0 amide bonds. The molecule has 1 aromatic carbocycles. The van der Waals surface area contributed by atoms with Gasteiger partial charge in [-0.1, -0.05) is 6.07 Å². The van der Waals surface area contributed by atoms with Crippen molar-refractivity contribution in [1.82, 2.24) is 15.0 Å². The molecule has 0 aliphatic carbocycles. The smallest absolute Gasteiger partial charge is 0.240 e. The van der Waals surface area contributed by atoms with Gasteiger partial charge in [0, 0.05) is 43.3 Å². The molecule has 2 aromatic rings. The quantitative estimate of drug-likeness (QED) is 0.739. The highest BCUT2D eigenvalue weighted by atomic mass is 35.5. The summed E-state index contributed by atoms with van der Waals surface area (Å²) in [5, 5.41) is 13.2. The van der Waals surface area contributed by atoms with E-state index in [0.717, 1.165) is 10.8 Å². The summed E-state index contributed by atoms with van der Waals surface area (Å²) in [5.41, 5.74) is 0. The average molecular weight is 355 g/mol. The molecule has 0 radical (unpaired) electrons. The van der Waals surface area contributed by atoms with Gasteiger partial charge in [-0.2, -0.15) is 5.26 Å². The molecule has 8 heteroatoms. The summed E-state index contributed by atoms with van der Waals surface area (Å²) in [6.07, 6.45) is 3.73. The van der Waals surface area contributed by atoms with E-state index in [1.54, 1.807) is 43.6 Å². The minimum absolute atomic E-state index is 0. The van der Waals surface area contributed by atoms with Crippen LogP contribution in [0.2, 0.25) is 0 Å². The molecule has 2 N–H and O–H groups in total. The van der Waals surface area contributed by atoms with Gasteiger partial charge < -0.3 is 5.32 Å². The zero-order chi connectivity index (χ0) is 16.0. The van der Waals surface area contributed by atoms with Crippen molar-refractivity contribution in [3.63, 3.8) is 0 Å². The first-order valence-electron chi connectivity index (χ1n) is 6.97. The second-order valence-electron chi connectivity index (χ2n) is 5.02. The van der Waals surface area contributed by atoms with Crippen LogP contribution in [-0.4, -0.2) is 32.5 Å². The third-order valence-electron chi connectivity index (χ3n) is 3.14. The number of benzene rings is 1. The number of rotatable bonds is 7. The number of hydrogen-bond acceptors (Lipinski definition) is 5. The molecule has 124 valence electrons. The van der Waals surface area contributed by atoms with Gasteiger partial charge in [0.05, 0.1) is 11.0 Å². The molecule has 1 heterocycles. The molecule has 6 nitrogen and oxygen atoms in total. The topological polar surface area (TPSA) is 94.9 Å². The Labute approximate surface area is 142 Å². The standard InChI is InChI=1S/C15H18N4O2S.ClH/c1-12(10-17-7-2-6-16)19-22(20,21)15-4-3-14-11-18-8-5-13(14)9-15;/h3-5,8-9,11-12,17,19H,2,7,10H2,1H3;1H. The Balaban J connectivity index is 0.00000264. The lowest BCUT2D eigenvalue weighted by molar-refractivity contribution is 0.539. The SMILES string of the molecule is CC(CNCCC#N)NS(=O)(=O)c1ccc2cnccc2c1.Cl. The van der Waals surface area contributed by atoms with Crippen LogP contribution < -0.4 is 10.0 Å². The largest absolute Gasteiger partial charge is 0.314 e. The van der Waals surface area contributed by atoms with E-state index in [4.69, 9.17) is 5.26 Å². The van der Waals surface area contributed by atoms with Crippen molar-refractivity contribution in [3.05, 3.63) is 36.7 Å². The first kappa shape index (κ1) is 19.3. The predicted octanol–water partition coefficient (Wildman–Crippen LogP) is 1.83. The van der Waals surface area contributed by atoms with E-state index in [9.17, 15) is 8.42 Å². The third-order valence-corrected chi connectivity index (χ3v) is 4.73. The zero-order valence-corrected chi connectivity index (χ0v) is 14.3. The molecule has 23 heavy (non-hydrogen) atoms. The molecule has 0 saturated heterocycles. The Morgan fingerprint density at radius 2 is 2.09 bits per heavy atom. The van der Waals surface area contributed by atoms with Crippen molar-refractivity contribution >= 4 is 33.2 Å². The van der Waals surface area contributed by atoms with Crippen LogP contribution in [0.3, 0.4) is 0 Å². The zero-order valence-electron chi connectivity index (χ0n) is 12.7. The number of nitrogens with one attached hydrogen (secondary N) is 2. The number of nitriles is 1. The lowest BCUT2D eigenvalue weighted by Crippen LogP contribution is -2.40. The fourth-order valence-electron chi connectivity index (χ4n) is 2.07. The number of pyridine rings is 1. The maximum atomic E-state index is 12.4. The molecule has 1 unspecified atom stereocenters. The minimum Gasteiger partial charge on any atom is -0.314 e. The fraction of sp³-hybridized carbons (Fsp3) is 0.333. The van der Waals surface area contributed by atoms with Crippen molar-refractivity contribution < 1.29 is 8.42 Å². The van der Waals surface area contributed by atoms with Crippen LogP contribution in [0.15, 0.2) is 41.6 Å². The van der Waals surface area contributed by atoms with Crippen molar-refractivity contribution in [2.75, 3.05) is 13.1 Å². The van der Waals surface area contributed by atoms with Crippen LogP contribution in [0, 0.1) is 11.3 Å². The normalized spacial score (nSPS) is 12.3. The van der Waals surface area contributed by atoms with Crippen LogP contribution in [-0.2, 0) is 10.0 Å². The van der Waals surface area contributed by atoms with Crippen molar-refractivity contribution in [2.45, 2.75) is 24.3 Å². The summed E-state index contributed by atoms with van der Waals surface area (Å²) in [5.74, 6) is 0. The van der Waals surface area contributed by atoms with Crippen LogP contribution >= 0.6 is 12.4 Å². The summed E-state index contributed by atoms with van der Waals surface area (Å²) in [6.45, 7) is 2.80. The predicted molar refractivity (Wildman–Crippen MR) is 91.9 cm³/mol. The summed E-state index contributed by atoms with van der Waals surface area (Å²) in [7, 11) is -3.57. The molecule has 0 saturated carbocycles. The van der Waals surface area contributed by atoms with Crippen LogP contribution in [0.25, 0.3) is 10.8 Å². The van der Waals surface area contributed by atoms with Crippen LogP contribution in [0.4, 0.5) is 0 Å². The van der Waals surface area contributed by atoms with Gasteiger partial charge in [-0.15, -0.1) is 12.4 Å². The molecular weight excluding hydrogens is 336 g/mol. The summed E-state index contributed by atoms with van der Waals surface area (Å²) in [6, 6.07) is 8.49. The van der Waals surface area contributed by atoms with Gasteiger partial charge in [0.2, 0.25) is 10.0 Å². The fourth-order valence-corrected chi connectivity index (χ4v) is 3.34. The van der Waals surface area contributed by atoms with Crippen molar-refractivity contribution in [2.24, 2.45) is 0 Å². The molecule has 0 bridgehead atoms. The van der Waals surface area contributed by atoms with Gasteiger partial charge in [0.25, 0.3) is 0 Å². The van der Waals surface area contributed by atoms with Gasteiger partial charge in [-0.25, -0.2) is 13.1 Å². The van der Waals surface area contributed by atoms with Crippen LogP contribution in [0.1, 0.15) is 13.3 Å². The molecule has 0 aliphatic heterocycles. The first-order chi connectivity index (χ1) is 10.5. The number of nitrogens with zero attached hydrogens (tertiary/aromatic N) is 2. The highest BCUT2D eigenvalue weighted by Crippen LogP contribution is 2.18. The van der Waals surface area contributed by atoms with Gasteiger partial charge in [-0.3, -0.25) is 4.98 Å². The summed E-state index contributed by atoms with van der Waals surface area (Å²) in [4.78, 5) is 4.24. The van der Waals surface area contributed by atoms with E-state index >= 15 is 0 Å². The number of aromatic nitrogens is 1. The summed E-state index contributed by atoms with van der Waals surface area (Å²) >= 11 is 0. The Bertz CT molecular complexity index is 789. The van der Waals surface area contributed by atoms with Crippen molar-refractivity contribution in [1.29, 1.82) is 5.26 Å². The molecule has 0 fully saturated rings. The maximum Gasteiger partial charge on any atom is 0.240 e. The Kier molecular flexibility index (Phi) is 7.39. The molecule has 2 rings (SSSR count). The molecule has 1 aromatic heterocycles. The Hall–Kier alpha value is -1.72. The molecular formula is C15H19ClN4O2S. The van der Waals surface area contributed by atoms with E-state index in [0.29, 0.717) is 19.5 Å². The van der Waals surface area contributed by atoms with Crippen LogP contribution in [0.5, 0.6) is 0 Å². The van der Waals surface area contributed by atoms with Gasteiger partial charge in [0.1, 0.15) is 0 Å². The number of halogens is 1. The van der Waals surface area contributed by atoms with E-state index in [1.807, 2.05) is 6.07 Å². The Morgan fingerprint density at radius 3 is 2.83 bits per heavy atom. The minimum atomic E-state index is -3.57. The second kappa shape index (κ2) is 8.79. The summed E-state index contributed by atoms with van der Waals surface area (Å²) < 4.78 is 27.4. The van der Waals surface area contributed by atoms with E-state index in [2.05, 4.69) is 15.0 Å². The van der Waals surface area contributed by atoms with Gasteiger partial charge in [0.15, 0.2) is 0 Å². The van der Waals surface area contributed by atoms with Crippen molar-refractivity contribution in [3.8, 4) is 6.07 Å². The highest BCUT2D eigenvalue weighted by molar-refractivity contribution is 7.89. The first-order valence-corrected chi connectivity index (χ1v) is 8.45. The number of hydrogen-bond donors (Lipinski definition) is 2. The monoisotopic (exact) mass is 354 g/mol. The van der Waals surface area contributed by atoms with E-state index < -0.39 is 10.0 Å². The number of fused-ring (bicyclic) bond motifs is 1. The Morgan fingerprint density at radius 1 is 1.30 bits per heavy atom. The molecule has 0 aliphatic rings. The second-order valence-corrected chi connectivity index (χ2v) is 6.73. The van der Waals surface area contributed by atoms with Gasteiger partial charge in [-0.05, 0) is 30.5 Å². The van der Waals surface area contributed by atoms with E-state index in [1.165, 1.54) is 0 Å². The lowest BCUT2D eigenvalue weighted by atomic mass is 10.2. The third kappa shape index (κ3) is 5.44. The molecule has 0 spiro atoms. The lowest BCUT2D eigenvalue weighted by Gasteiger charge is -2.15.